The Morgan fingerprint density at radius 2 is 1.25 bits per heavy atom. The number of cyclic esters (lactones) is 1. The van der Waals surface area contributed by atoms with Crippen LogP contribution in [0.15, 0.2) is 91.0 Å². The Morgan fingerprint density at radius 1 is 0.735 bits per heavy atom. The first-order valence-corrected chi connectivity index (χ1v) is 32.7. The van der Waals surface area contributed by atoms with Crippen LogP contribution in [0.25, 0.3) is 0 Å². The quantitative estimate of drug-likeness (QED) is 0.0523. The summed E-state index contributed by atoms with van der Waals surface area (Å²) < 4.78 is 38.3. The van der Waals surface area contributed by atoms with Gasteiger partial charge in [-0.2, -0.15) is 0 Å². The molecule has 18 atom stereocenters. The van der Waals surface area contributed by atoms with Crippen molar-refractivity contribution in [2.24, 2.45) is 17.8 Å². The van der Waals surface area contributed by atoms with Gasteiger partial charge in [0.1, 0.15) is 53.2 Å². The third-order valence-corrected chi connectivity index (χ3v) is 23.0. The van der Waals surface area contributed by atoms with E-state index >= 15 is 0 Å². The molecule has 83 heavy (non-hydrogen) atoms. The Kier molecular flexibility index (Phi) is 27.0. The number of amides is 1. The van der Waals surface area contributed by atoms with E-state index in [1.54, 1.807) is 53.4 Å². The maximum absolute atomic E-state index is 14.7. The Labute approximate surface area is 504 Å². The number of halogens is 1. The highest BCUT2D eigenvalue weighted by Crippen LogP contribution is 2.56. The van der Waals surface area contributed by atoms with Crippen molar-refractivity contribution in [2.75, 3.05) is 33.9 Å². The van der Waals surface area contributed by atoms with Crippen molar-refractivity contribution in [1.29, 1.82) is 0 Å². The molecule has 0 aliphatic carbocycles. The average molecular weight is 1200 g/mol. The molecule has 0 radical (unpaired) electrons. The van der Waals surface area contributed by atoms with Gasteiger partial charge in [-0.05, 0) is 143 Å². The Morgan fingerprint density at radius 3 is 1.76 bits per heavy atom. The zero-order chi connectivity index (χ0) is 60.2. The zero-order valence-corrected chi connectivity index (χ0v) is 53.8. The summed E-state index contributed by atoms with van der Waals surface area (Å²) in [5.74, 6) is -3.28. The van der Waals surface area contributed by atoms with E-state index in [4.69, 9.17) is 28.4 Å². The highest BCUT2D eigenvalue weighted by atomic mass is 35.5. The topological polar surface area (TPSA) is 197 Å². The number of likely N-dealkylation sites (N-methyl/N-ethyl adjacent to an activating group) is 1. The van der Waals surface area contributed by atoms with Crippen LogP contribution in [-0.4, -0.2) is 171 Å². The number of nitrogens with zero attached hydrogens (tertiary/aromatic N) is 2. The van der Waals surface area contributed by atoms with Crippen LogP contribution in [0.5, 0.6) is 0 Å². The molecule has 5 N–H and O–H groups in total. The number of benzene rings is 3. The van der Waals surface area contributed by atoms with Crippen LogP contribution in [0.1, 0.15) is 153 Å². The zero-order valence-electron chi connectivity index (χ0n) is 52.1. The number of hydrogen-bond donors (Lipinski definition) is 5. The molecular weight excluding hydrogens is 1100 g/mol. The van der Waals surface area contributed by atoms with Crippen LogP contribution < -0.4 is 28.3 Å². The van der Waals surface area contributed by atoms with Crippen molar-refractivity contribution in [3.63, 3.8) is 0 Å². The van der Waals surface area contributed by atoms with Gasteiger partial charge in [0.15, 0.2) is 12.6 Å². The SMILES string of the molecule is CC[C@H]1OC(=O)[C@H](C)[C@@H](O[C@H]2C[C@@](C)(OC)[C@@H](O)[C@H](C)O2)[C@H](C)[C@@H](O[C@@H]2O[C@H](C)C[C@H](N(C)C)[C@H]2O)[C@](C)(O)C[C@@H](C)CN(C(=O)CCCCCCCCCC[P+](c2ccccc2)(c2ccccc2)c2ccccc2)[C@H](C)[C@@H](O)[C@]1(C)O.[Cl-]. The maximum atomic E-state index is 14.7. The van der Waals surface area contributed by atoms with Gasteiger partial charge in [-0.3, -0.25) is 9.59 Å². The van der Waals surface area contributed by atoms with Crippen molar-refractivity contribution in [2.45, 2.75) is 243 Å². The van der Waals surface area contributed by atoms with E-state index in [1.165, 1.54) is 29.9 Å². The number of unbranched alkanes of at least 4 members (excludes halogenated alkanes) is 7. The van der Waals surface area contributed by atoms with Crippen LogP contribution in [0.4, 0.5) is 0 Å². The van der Waals surface area contributed by atoms with E-state index in [2.05, 4.69) is 91.0 Å². The molecule has 0 unspecified atom stereocenters. The molecule has 17 heteroatoms. The van der Waals surface area contributed by atoms with Gasteiger partial charge in [0.05, 0.1) is 53.7 Å². The predicted molar refractivity (Wildman–Crippen MR) is 325 cm³/mol. The molecule has 0 bridgehead atoms. The number of hydrogen-bond acceptors (Lipinski definition) is 14. The van der Waals surface area contributed by atoms with Gasteiger partial charge >= 0.3 is 5.97 Å². The van der Waals surface area contributed by atoms with E-state index in [0.717, 1.165) is 51.1 Å². The van der Waals surface area contributed by atoms with Gasteiger partial charge in [0.2, 0.25) is 5.91 Å². The Bertz CT molecular complexity index is 2300. The minimum atomic E-state index is -2.01. The van der Waals surface area contributed by atoms with Crippen LogP contribution in [0.2, 0.25) is 0 Å². The summed E-state index contributed by atoms with van der Waals surface area (Å²) in [6.45, 7) is 17.4. The molecule has 0 saturated carbocycles. The second-order valence-corrected chi connectivity index (χ2v) is 29.0. The number of rotatable bonds is 21. The van der Waals surface area contributed by atoms with E-state index in [-0.39, 0.29) is 62.7 Å². The summed E-state index contributed by atoms with van der Waals surface area (Å²) >= 11 is 0. The van der Waals surface area contributed by atoms with Gasteiger partial charge in [0, 0.05) is 38.5 Å². The lowest BCUT2D eigenvalue weighted by molar-refractivity contribution is -0.318. The van der Waals surface area contributed by atoms with Gasteiger partial charge in [-0.15, -0.1) is 0 Å². The summed E-state index contributed by atoms with van der Waals surface area (Å²) in [5.41, 5.74) is -4.80. The smallest absolute Gasteiger partial charge is 0.311 e. The van der Waals surface area contributed by atoms with Crippen LogP contribution >= 0.6 is 7.26 Å². The molecule has 3 aromatic rings. The van der Waals surface area contributed by atoms with Crippen LogP contribution in [0, 0.1) is 17.8 Å². The highest BCUT2D eigenvalue weighted by molar-refractivity contribution is 7.95. The number of aliphatic hydroxyl groups is 5. The second kappa shape index (κ2) is 31.7. The molecule has 3 saturated heterocycles. The fourth-order valence-electron chi connectivity index (χ4n) is 13.6. The summed E-state index contributed by atoms with van der Waals surface area (Å²) in [6, 6.07) is 31.8. The standard InChI is InChI=1S/C66H104N2O13P.ClH/c1-14-54-66(10,75)59(71)48(6)68(55(69)38-30-19-17-15-16-18-20-31-39-82(50-32-24-21-25-33-50,51-34-26-22-27-35-51)52-36-28-23-29-37-52)43-44(2)41-64(8,74)61(81-63-57(70)53(67(11)12)40-45(3)77-63)46(4)58(47(5)62(73)79-54)80-56-42-65(9,76-13)60(72)49(7)78-56;/h21-29,32-37,44-49,53-54,56-61,63,70-72,74-75H,14-20,30-31,38-43H2,1-13H3;1H/q+1;/p-1/t44-,45-,46+,47-,48-,49+,53+,54-,56+,57-,58+,59-,60+,61-,63+,64-,65-,66-;/m1./s1. The second-order valence-electron chi connectivity index (χ2n) is 25.4. The predicted octanol–water partition coefficient (Wildman–Crippen LogP) is 5.31. The Hall–Kier alpha value is -3.12. The number of methoxy groups -OCH3 is 1. The lowest BCUT2D eigenvalue weighted by Crippen LogP contribution is -3.00. The first-order valence-electron chi connectivity index (χ1n) is 30.7. The molecule has 3 heterocycles. The number of ether oxygens (including phenoxy) is 6. The molecule has 6 rings (SSSR count). The van der Waals surface area contributed by atoms with Crippen molar-refractivity contribution >= 4 is 35.1 Å². The highest BCUT2D eigenvalue weighted by Gasteiger charge is 2.53. The number of aliphatic hydroxyl groups excluding tert-OH is 3. The maximum Gasteiger partial charge on any atom is 0.311 e. The first kappa shape index (κ1) is 70.6. The molecule has 0 aromatic heterocycles. The molecule has 3 aromatic carbocycles. The Balaban J connectivity index is 0.0000126. The lowest BCUT2D eigenvalue weighted by Gasteiger charge is -2.48. The fraction of sp³-hybridized carbons (Fsp3) is 0.697. The van der Waals surface area contributed by atoms with Crippen molar-refractivity contribution in [3.8, 4) is 0 Å². The van der Waals surface area contributed by atoms with Crippen molar-refractivity contribution in [3.05, 3.63) is 91.0 Å². The molecule has 0 spiro atoms. The largest absolute Gasteiger partial charge is 1.00 e. The van der Waals surface area contributed by atoms with Gasteiger partial charge in [-0.1, -0.05) is 107 Å². The molecule has 3 aliphatic rings. The van der Waals surface area contributed by atoms with E-state index in [1.807, 2.05) is 32.8 Å². The summed E-state index contributed by atoms with van der Waals surface area (Å²) in [4.78, 5) is 32.9. The normalized spacial score (nSPS) is 35.2. The number of carbonyl (C=O) groups excluding carboxylic acids is 2. The molecule has 15 nitrogen and oxygen atoms in total. The molecule has 1 amide bonds. The minimum Gasteiger partial charge on any atom is -1.00 e. The molecule has 3 aliphatic heterocycles. The number of esters is 1. The monoisotopic (exact) mass is 1200 g/mol. The lowest BCUT2D eigenvalue weighted by atomic mass is 9.77. The van der Waals surface area contributed by atoms with Gasteiger partial charge in [0.25, 0.3) is 0 Å². The molecule has 468 valence electrons. The third kappa shape index (κ3) is 17.4. The first-order chi connectivity index (χ1) is 38.8. The summed E-state index contributed by atoms with van der Waals surface area (Å²) in [5, 5.41) is 64.8. The van der Waals surface area contributed by atoms with Gasteiger partial charge < -0.3 is 76.2 Å². The molecular formula is C66H104ClN2O13P. The van der Waals surface area contributed by atoms with Crippen LogP contribution in [0.3, 0.4) is 0 Å². The van der Waals surface area contributed by atoms with Gasteiger partial charge in [-0.25, -0.2) is 0 Å². The summed E-state index contributed by atoms with van der Waals surface area (Å²) in [6.07, 6.45) is -0.156. The summed E-state index contributed by atoms with van der Waals surface area (Å²) in [7, 11) is 3.40. The third-order valence-electron chi connectivity index (χ3n) is 18.5. The van der Waals surface area contributed by atoms with Crippen LogP contribution in [-0.2, 0) is 38.0 Å². The van der Waals surface area contributed by atoms with Crippen molar-refractivity contribution in [1.82, 2.24) is 9.80 Å². The van der Waals surface area contributed by atoms with Crippen molar-refractivity contribution < 1.29 is 75.9 Å². The average Bonchev–Trinajstić information content (AvgIpc) is 3.57. The molecule has 3 fully saturated rings. The minimum absolute atomic E-state index is 0. The van der Waals surface area contributed by atoms with E-state index in [9.17, 15) is 35.1 Å². The van der Waals surface area contributed by atoms with E-state index < -0.39 is 109 Å². The van der Waals surface area contributed by atoms with E-state index in [0.29, 0.717) is 12.8 Å². The fourth-order valence-corrected chi connectivity index (χ4v) is 18.0. The number of carbonyl (C=O) groups is 2.